The van der Waals surface area contributed by atoms with Gasteiger partial charge >= 0.3 is 13.8 Å². The summed E-state index contributed by atoms with van der Waals surface area (Å²) in [6.45, 7) is 4.81. The first kappa shape index (κ1) is 53.5. The summed E-state index contributed by atoms with van der Waals surface area (Å²) in [5.41, 5.74) is 5.37. The number of hydrogen-bond acceptors (Lipinski definition) is 7. The summed E-state index contributed by atoms with van der Waals surface area (Å²) in [4.78, 5) is 22.5. The summed E-state index contributed by atoms with van der Waals surface area (Å²) in [5.74, 6) is -0.332. The highest BCUT2D eigenvalue weighted by Crippen LogP contribution is 2.43. The lowest BCUT2D eigenvalue weighted by Gasteiger charge is -2.20. The molecule has 0 aromatic rings. The molecule has 0 saturated heterocycles. The van der Waals surface area contributed by atoms with Crippen LogP contribution >= 0.6 is 7.82 Å². The highest BCUT2D eigenvalue weighted by atomic mass is 31.2. The van der Waals surface area contributed by atoms with Gasteiger partial charge in [-0.25, -0.2) is 4.57 Å². The normalized spacial score (nSPS) is 13.9. The number of esters is 1. The predicted octanol–water partition coefficient (Wildman–Crippen LogP) is 13.6. The molecule has 0 aromatic carbocycles. The highest BCUT2D eigenvalue weighted by Gasteiger charge is 2.25. The van der Waals surface area contributed by atoms with Crippen molar-refractivity contribution in [1.82, 2.24) is 0 Å². The van der Waals surface area contributed by atoms with Crippen LogP contribution in [0.2, 0.25) is 0 Å². The topological polar surface area (TPSA) is 117 Å². The van der Waals surface area contributed by atoms with E-state index in [1.54, 1.807) is 0 Å². The number of phosphoric ester groups is 1. The van der Waals surface area contributed by atoms with E-state index in [4.69, 9.17) is 24.3 Å². The van der Waals surface area contributed by atoms with E-state index in [2.05, 4.69) is 62.5 Å². The molecule has 0 aliphatic carbocycles. The quantitative estimate of drug-likeness (QED) is 0.0271. The Kier molecular flexibility index (Phi) is 42.4. The molecule has 0 radical (unpaired) electrons. The van der Waals surface area contributed by atoms with E-state index in [-0.39, 0.29) is 32.3 Å². The zero-order chi connectivity index (χ0) is 40.2. The molecular weight excluding hydrogens is 709 g/mol. The molecule has 0 rings (SSSR count). The second-order valence-corrected chi connectivity index (χ2v) is 16.3. The van der Waals surface area contributed by atoms with Crippen molar-refractivity contribution in [3.05, 3.63) is 48.6 Å². The number of rotatable bonds is 43. The lowest BCUT2D eigenvalue weighted by Crippen LogP contribution is -2.28. The van der Waals surface area contributed by atoms with Gasteiger partial charge in [-0.05, 0) is 51.4 Å². The molecule has 55 heavy (non-hydrogen) atoms. The van der Waals surface area contributed by atoms with Gasteiger partial charge in [-0.1, -0.05) is 191 Å². The van der Waals surface area contributed by atoms with Crippen LogP contribution in [0.25, 0.3) is 0 Å². The van der Waals surface area contributed by atoms with Gasteiger partial charge in [0, 0.05) is 19.6 Å². The number of nitrogens with two attached hydrogens (primary N) is 1. The van der Waals surface area contributed by atoms with Crippen molar-refractivity contribution in [2.45, 2.75) is 206 Å². The highest BCUT2D eigenvalue weighted by molar-refractivity contribution is 7.47. The van der Waals surface area contributed by atoms with Crippen LogP contribution in [-0.4, -0.2) is 49.9 Å². The fourth-order valence-corrected chi connectivity index (χ4v) is 6.99. The molecule has 9 heteroatoms. The lowest BCUT2D eigenvalue weighted by atomic mass is 10.0. The number of unbranched alkanes of at least 4 members (excludes halogenated alkanes) is 22. The van der Waals surface area contributed by atoms with Crippen LogP contribution in [0.1, 0.15) is 200 Å². The summed E-state index contributed by atoms with van der Waals surface area (Å²) in [5, 5.41) is 0. The first-order chi connectivity index (χ1) is 26.9. The van der Waals surface area contributed by atoms with Crippen LogP contribution in [0.3, 0.4) is 0 Å². The third-order valence-electron chi connectivity index (χ3n) is 9.51. The first-order valence-corrected chi connectivity index (χ1v) is 24.1. The second-order valence-electron chi connectivity index (χ2n) is 14.9. The van der Waals surface area contributed by atoms with Crippen LogP contribution in [0.4, 0.5) is 0 Å². The fraction of sp³-hybridized carbons (Fsp3) is 0.804. The van der Waals surface area contributed by atoms with Gasteiger partial charge in [-0.2, -0.15) is 0 Å². The van der Waals surface area contributed by atoms with Gasteiger partial charge in [0.25, 0.3) is 0 Å². The molecule has 3 N–H and O–H groups in total. The number of carbonyl (C=O) groups excluding carboxylic acids is 1. The summed E-state index contributed by atoms with van der Waals surface area (Å²) >= 11 is 0. The average molecular weight is 796 g/mol. The standard InChI is InChI=1S/C46H86NO7P/c1-3-5-7-9-11-13-15-17-19-20-21-22-23-24-25-26-28-30-32-34-36-38-41-51-43-45(44-53-55(49,50)52-42-40-47)54-46(48)39-37-35-33-31-29-27-18-16-14-12-10-8-6-4-2/h5,7,11,13,17,19,21-22,45H,3-4,6,8-10,12,14-16,18,20,23-44,47H2,1-2H3,(H,49,50)/b7-5-,13-11-,19-17-,22-21-. The van der Waals surface area contributed by atoms with Crippen LogP contribution in [0.15, 0.2) is 48.6 Å². The summed E-state index contributed by atoms with van der Waals surface area (Å²) < 4.78 is 33.5. The zero-order valence-electron chi connectivity index (χ0n) is 35.7. The van der Waals surface area contributed by atoms with Crippen molar-refractivity contribution in [2.75, 3.05) is 33.0 Å². The maximum atomic E-state index is 12.6. The minimum atomic E-state index is -4.28. The van der Waals surface area contributed by atoms with Crippen molar-refractivity contribution in [2.24, 2.45) is 5.73 Å². The van der Waals surface area contributed by atoms with E-state index in [1.807, 2.05) is 0 Å². The molecule has 0 heterocycles. The SMILES string of the molecule is CC/C=C\C/C=C\C/C=C\C/C=C\CCCCCCCCCCCOCC(COP(=O)(O)OCCN)OC(=O)CCCCCCCCCCCCCCCC. The molecule has 0 amide bonds. The molecule has 0 bridgehead atoms. The van der Waals surface area contributed by atoms with Crippen molar-refractivity contribution < 1.29 is 32.8 Å². The molecule has 2 unspecified atom stereocenters. The van der Waals surface area contributed by atoms with Crippen molar-refractivity contribution in [3.8, 4) is 0 Å². The van der Waals surface area contributed by atoms with Crippen LogP contribution in [0, 0.1) is 0 Å². The number of carbonyl (C=O) groups is 1. The van der Waals surface area contributed by atoms with Crippen molar-refractivity contribution in [1.29, 1.82) is 0 Å². The molecule has 8 nitrogen and oxygen atoms in total. The van der Waals surface area contributed by atoms with Gasteiger partial charge in [-0.3, -0.25) is 13.8 Å². The van der Waals surface area contributed by atoms with Crippen molar-refractivity contribution >= 4 is 13.8 Å². The van der Waals surface area contributed by atoms with Gasteiger partial charge in [0.15, 0.2) is 0 Å². The first-order valence-electron chi connectivity index (χ1n) is 22.6. The van der Waals surface area contributed by atoms with E-state index < -0.39 is 13.9 Å². The number of allylic oxidation sites excluding steroid dienone is 8. The summed E-state index contributed by atoms with van der Waals surface area (Å²) in [7, 11) is -4.28. The fourth-order valence-electron chi connectivity index (χ4n) is 6.22. The monoisotopic (exact) mass is 796 g/mol. The summed E-state index contributed by atoms with van der Waals surface area (Å²) in [6, 6.07) is 0. The number of phosphoric acid groups is 1. The minimum absolute atomic E-state index is 0.0967. The summed E-state index contributed by atoms with van der Waals surface area (Å²) in [6.07, 6.45) is 51.3. The molecule has 0 saturated carbocycles. The maximum absolute atomic E-state index is 12.6. The molecule has 0 spiro atoms. The van der Waals surface area contributed by atoms with Gasteiger partial charge in [0.1, 0.15) is 6.10 Å². The lowest BCUT2D eigenvalue weighted by molar-refractivity contribution is -0.154. The van der Waals surface area contributed by atoms with Crippen LogP contribution in [-0.2, 0) is 27.9 Å². The Bertz CT molecular complexity index is 983. The van der Waals surface area contributed by atoms with Crippen LogP contribution < -0.4 is 5.73 Å². The molecule has 0 aromatic heterocycles. The molecule has 0 aliphatic heterocycles. The zero-order valence-corrected chi connectivity index (χ0v) is 36.6. The largest absolute Gasteiger partial charge is 0.472 e. The third kappa shape index (κ3) is 43.4. The Morgan fingerprint density at radius 1 is 0.564 bits per heavy atom. The molecule has 0 fully saturated rings. The maximum Gasteiger partial charge on any atom is 0.472 e. The Morgan fingerprint density at radius 3 is 1.53 bits per heavy atom. The van der Waals surface area contributed by atoms with E-state index in [0.29, 0.717) is 13.0 Å². The number of hydrogen-bond donors (Lipinski definition) is 2. The van der Waals surface area contributed by atoms with E-state index in [0.717, 1.165) is 57.8 Å². The van der Waals surface area contributed by atoms with Gasteiger partial charge in [0.2, 0.25) is 0 Å². The minimum Gasteiger partial charge on any atom is -0.457 e. The predicted molar refractivity (Wildman–Crippen MR) is 233 cm³/mol. The van der Waals surface area contributed by atoms with E-state index >= 15 is 0 Å². The third-order valence-corrected chi connectivity index (χ3v) is 10.5. The molecular formula is C46H86NO7P. The Morgan fingerprint density at radius 2 is 1.02 bits per heavy atom. The van der Waals surface area contributed by atoms with Crippen molar-refractivity contribution in [3.63, 3.8) is 0 Å². The Balaban J connectivity index is 3.98. The van der Waals surface area contributed by atoms with E-state index in [1.165, 1.54) is 122 Å². The molecule has 0 aliphatic rings. The van der Waals surface area contributed by atoms with Gasteiger partial charge in [-0.15, -0.1) is 0 Å². The average Bonchev–Trinajstić information content (AvgIpc) is 3.17. The number of ether oxygens (including phenoxy) is 2. The Labute approximate surface area is 339 Å². The molecule has 2 atom stereocenters. The van der Waals surface area contributed by atoms with E-state index in [9.17, 15) is 14.3 Å². The molecule has 322 valence electrons. The second kappa shape index (κ2) is 43.6. The Hall–Kier alpha value is -1.54. The van der Waals surface area contributed by atoms with Gasteiger partial charge in [0.05, 0.1) is 19.8 Å². The smallest absolute Gasteiger partial charge is 0.457 e. The van der Waals surface area contributed by atoms with Crippen LogP contribution in [0.5, 0.6) is 0 Å². The van der Waals surface area contributed by atoms with Gasteiger partial charge < -0.3 is 20.1 Å².